The number of thiophene rings is 1. The summed E-state index contributed by atoms with van der Waals surface area (Å²) < 4.78 is 0. The Morgan fingerprint density at radius 1 is 1.45 bits per heavy atom. The van der Waals surface area contributed by atoms with Crippen LogP contribution in [0.3, 0.4) is 0 Å². The highest BCUT2D eigenvalue weighted by Gasteiger charge is 2.16. The van der Waals surface area contributed by atoms with Gasteiger partial charge in [-0.2, -0.15) is 0 Å². The molecule has 1 aromatic heterocycles. The summed E-state index contributed by atoms with van der Waals surface area (Å²) in [5, 5.41) is 5.38. The van der Waals surface area contributed by atoms with Gasteiger partial charge in [0.25, 0.3) is 0 Å². The maximum Gasteiger partial charge on any atom is 0.223 e. The number of carbonyl (C=O) groups excluding carboxylic acids is 1. The maximum atomic E-state index is 12.1. The molecule has 114 valence electrons. The number of piperazine rings is 1. The van der Waals surface area contributed by atoms with Crippen LogP contribution in [0.25, 0.3) is 0 Å². The second-order valence-corrected chi connectivity index (χ2v) is 5.86. The Balaban J connectivity index is 0.00000200. The van der Waals surface area contributed by atoms with E-state index in [0.717, 1.165) is 45.8 Å². The molecule has 2 rings (SSSR count). The van der Waals surface area contributed by atoms with E-state index < -0.39 is 0 Å². The van der Waals surface area contributed by atoms with Gasteiger partial charge in [0.1, 0.15) is 0 Å². The Labute approximate surface area is 131 Å². The highest BCUT2D eigenvalue weighted by molar-refractivity contribution is 7.09. The smallest absolute Gasteiger partial charge is 0.223 e. The first-order valence-electron chi connectivity index (χ1n) is 7.03. The van der Waals surface area contributed by atoms with Crippen molar-refractivity contribution in [1.82, 2.24) is 15.1 Å². The van der Waals surface area contributed by atoms with Crippen molar-refractivity contribution >= 4 is 29.7 Å². The lowest BCUT2D eigenvalue weighted by molar-refractivity contribution is -0.132. The highest BCUT2D eigenvalue weighted by atomic mass is 35.5. The molecule has 0 bridgehead atoms. The standard InChI is InChI=1S/C14H23N3OS.ClH/c1-2-16(12-13-4-3-11-19-13)8-5-14(18)17-9-6-15-7-10-17;/h3-4,11,15H,2,5-10,12H2,1H3;1H. The number of rotatable bonds is 6. The van der Waals surface area contributed by atoms with Gasteiger partial charge in [-0.3, -0.25) is 9.69 Å². The predicted octanol–water partition coefficient (Wildman–Crippen LogP) is 1.81. The fraction of sp³-hybridized carbons (Fsp3) is 0.643. The minimum absolute atomic E-state index is 0. The molecule has 0 saturated carbocycles. The van der Waals surface area contributed by atoms with E-state index in [4.69, 9.17) is 0 Å². The van der Waals surface area contributed by atoms with Crippen molar-refractivity contribution in [2.24, 2.45) is 0 Å². The predicted molar refractivity (Wildman–Crippen MR) is 86.6 cm³/mol. The van der Waals surface area contributed by atoms with Gasteiger partial charge in [0.2, 0.25) is 5.91 Å². The molecule has 1 saturated heterocycles. The van der Waals surface area contributed by atoms with Crippen molar-refractivity contribution in [2.45, 2.75) is 19.9 Å². The average molecular weight is 318 g/mol. The van der Waals surface area contributed by atoms with Crippen LogP contribution in [0, 0.1) is 0 Å². The lowest BCUT2D eigenvalue weighted by atomic mass is 10.3. The molecular weight excluding hydrogens is 294 g/mol. The lowest BCUT2D eigenvalue weighted by Crippen LogP contribution is -2.47. The Morgan fingerprint density at radius 3 is 2.80 bits per heavy atom. The molecule has 4 nitrogen and oxygen atoms in total. The van der Waals surface area contributed by atoms with Gasteiger partial charge in [0.05, 0.1) is 0 Å². The molecule has 2 heterocycles. The van der Waals surface area contributed by atoms with Gasteiger partial charge in [-0.15, -0.1) is 23.7 Å². The van der Waals surface area contributed by atoms with Gasteiger partial charge in [-0.1, -0.05) is 13.0 Å². The van der Waals surface area contributed by atoms with Crippen LogP contribution in [0.1, 0.15) is 18.2 Å². The molecule has 1 aromatic rings. The van der Waals surface area contributed by atoms with Crippen molar-refractivity contribution in [2.75, 3.05) is 39.3 Å². The zero-order valence-electron chi connectivity index (χ0n) is 12.0. The van der Waals surface area contributed by atoms with Crippen LogP contribution in [-0.4, -0.2) is 55.0 Å². The van der Waals surface area contributed by atoms with Crippen molar-refractivity contribution < 1.29 is 4.79 Å². The van der Waals surface area contributed by atoms with Gasteiger partial charge >= 0.3 is 0 Å². The zero-order chi connectivity index (χ0) is 13.5. The molecule has 1 N–H and O–H groups in total. The summed E-state index contributed by atoms with van der Waals surface area (Å²) in [5.74, 6) is 0.297. The molecule has 0 atom stereocenters. The van der Waals surface area contributed by atoms with Crippen LogP contribution >= 0.6 is 23.7 Å². The van der Waals surface area contributed by atoms with Crippen LogP contribution in [0.2, 0.25) is 0 Å². The van der Waals surface area contributed by atoms with Crippen LogP contribution in [0.15, 0.2) is 17.5 Å². The van der Waals surface area contributed by atoms with E-state index >= 15 is 0 Å². The van der Waals surface area contributed by atoms with E-state index in [0.29, 0.717) is 12.3 Å². The third kappa shape index (κ3) is 5.40. The topological polar surface area (TPSA) is 35.6 Å². The first-order valence-corrected chi connectivity index (χ1v) is 7.91. The lowest BCUT2D eigenvalue weighted by Gasteiger charge is -2.28. The van der Waals surface area contributed by atoms with Crippen LogP contribution < -0.4 is 5.32 Å². The van der Waals surface area contributed by atoms with Crippen LogP contribution in [0.4, 0.5) is 0 Å². The summed E-state index contributed by atoms with van der Waals surface area (Å²) in [6.45, 7) is 8.54. The average Bonchev–Trinajstić information content (AvgIpc) is 2.97. The second-order valence-electron chi connectivity index (χ2n) is 4.83. The van der Waals surface area contributed by atoms with Crippen molar-refractivity contribution in [3.8, 4) is 0 Å². The Hall–Kier alpha value is -0.620. The van der Waals surface area contributed by atoms with E-state index in [2.05, 4.69) is 34.7 Å². The number of nitrogens with zero attached hydrogens (tertiary/aromatic N) is 2. The van der Waals surface area contributed by atoms with Crippen molar-refractivity contribution in [3.63, 3.8) is 0 Å². The molecule has 0 radical (unpaired) electrons. The summed E-state index contributed by atoms with van der Waals surface area (Å²) in [5.41, 5.74) is 0. The normalized spacial score (nSPS) is 15.2. The third-order valence-electron chi connectivity index (χ3n) is 3.52. The minimum Gasteiger partial charge on any atom is -0.340 e. The van der Waals surface area contributed by atoms with Gasteiger partial charge in [-0.05, 0) is 18.0 Å². The molecule has 0 unspecified atom stereocenters. The minimum atomic E-state index is 0. The summed E-state index contributed by atoms with van der Waals surface area (Å²) >= 11 is 1.78. The summed E-state index contributed by atoms with van der Waals surface area (Å²) in [7, 11) is 0. The number of hydrogen-bond acceptors (Lipinski definition) is 4. The van der Waals surface area contributed by atoms with Gasteiger partial charge < -0.3 is 10.2 Å². The summed E-state index contributed by atoms with van der Waals surface area (Å²) in [6, 6.07) is 4.24. The Morgan fingerprint density at radius 2 is 2.20 bits per heavy atom. The number of hydrogen-bond donors (Lipinski definition) is 1. The number of halogens is 1. The van der Waals surface area contributed by atoms with E-state index in [-0.39, 0.29) is 12.4 Å². The van der Waals surface area contributed by atoms with E-state index in [9.17, 15) is 4.79 Å². The number of amides is 1. The Kier molecular flexibility index (Phi) is 8.14. The molecule has 0 aromatic carbocycles. The molecule has 1 fully saturated rings. The Bertz CT molecular complexity index is 380. The molecule has 1 aliphatic rings. The zero-order valence-corrected chi connectivity index (χ0v) is 13.6. The van der Waals surface area contributed by atoms with E-state index in [1.54, 1.807) is 11.3 Å². The first-order chi connectivity index (χ1) is 9.29. The SMILES string of the molecule is CCN(CCC(=O)N1CCNCC1)Cc1cccs1.Cl. The first kappa shape index (κ1) is 17.4. The quantitative estimate of drug-likeness (QED) is 0.869. The molecule has 1 aliphatic heterocycles. The van der Waals surface area contributed by atoms with E-state index in [1.807, 2.05) is 4.90 Å². The van der Waals surface area contributed by atoms with Crippen LogP contribution in [0.5, 0.6) is 0 Å². The molecule has 6 heteroatoms. The fourth-order valence-electron chi connectivity index (χ4n) is 2.30. The molecular formula is C14H24ClN3OS. The van der Waals surface area contributed by atoms with Gasteiger partial charge in [0.15, 0.2) is 0 Å². The number of nitrogens with one attached hydrogen (secondary N) is 1. The van der Waals surface area contributed by atoms with Crippen molar-refractivity contribution in [3.05, 3.63) is 22.4 Å². The fourth-order valence-corrected chi connectivity index (χ4v) is 3.04. The number of carbonyl (C=O) groups is 1. The maximum absolute atomic E-state index is 12.1. The molecule has 20 heavy (non-hydrogen) atoms. The van der Waals surface area contributed by atoms with Crippen LogP contribution in [-0.2, 0) is 11.3 Å². The highest BCUT2D eigenvalue weighted by Crippen LogP contribution is 2.12. The third-order valence-corrected chi connectivity index (χ3v) is 4.38. The summed E-state index contributed by atoms with van der Waals surface area (Å²) in [4.78, 5) is 17.8. The van der Waals surface area contributed by atoms with Crippen molar-refractivity contribution in [1.29, 1.82) is 0 Å². The largest absolute Gasteiger partial charge is 0.340 e. The molecule has 1 amide bonds. The van der Waals surface area contributed by atoms with Gasteiger partial charge in [-0.25, -0.2) is 0 Å². The second kappa shape index (κ2) is 9.34. The summed E-state index contributed by atoms with van der Waals surface area (Å²) in [6.07, 6.45) is 0.638. The van der Waals surface area contributed by atoms with E-state index in [1.165, 1.54) is 4.88 Å². The molecule has 0 spiro atoms. The monoisotopic (exact) mass is 317 g/mol. The molecule has 0 aliphatic carbocycles. The van der Waals surface area contributed by atoms with Gasteiger partial charge in [0, 0.05) is 50.6 Å².